The average molecular weight is 333 g/mol. The lowest BCUT2D eigenvalue weighted by Gasteiger charge is -2.06. The number of nitrogens with zero attached hydrogens (tertiary/aromatic N) is 1. The fourth-order valence-electron chi connectivity index (χ4n) is 1.24. The molecule has 2 aromatic rings. The van der Waals surface area contributed by atoms with Gasteiger partial charge in [0.2, 0.25) is 0 Å². The first kappa shape index (κ1) is 12.7. The highest BCUT2D eigenvalue weighted by Crippen LogP contribution is 2.23. The van der Waals surface area contributed by atoms with E-state index in [0.29, 0.717) is 22.4 Å². The van der Waals surface area contributed by atoms with Gasteiger partial charge >= 0.3 is 0 Å². The van der Waals surface area contributed by atoms with Crippen molar-refractivity contribution in [3.05, 3.63) is 56.7 Å². The van der Waals surface area contributed by atoms with Crippen LogP contribution in [0.3, 0.4) is 0 Å². The summed E-state index contributed by atoms with van der Waals surface area (Å²) in [6, 6.07) is 9.08. The summed E-state index contributed by atoms with van der Waals surface area (Å²) in [4.78, 5) is 4.07. The number of halogens is 3. The smallest absolute Gasteiger partial charge is 0.138 e. The molecule has 0 spiro atoms. The van der Waals surface area contributed by atoms with Gasteiger partial charge in [-0.25, -0.2) is 4.98 Å². The lowest BCUT2D eigenvalue weighted by molar-refractivity contribution is 0.305. The summed E-state index contributed by atoms with van der Waals surface area (Å²) in [6.07, 6.45) is 1.65. The van der Waals surface area contributed by atoms with Crippen molar-refractivity contribution < 1.29 is 4.74 Å². The number of ether oxygens (including phenoxy) is 1. The minimum absolute atomic E-state index is 0.431. The van der Waals surface area contributed by atoms with Crippen molar-refractivity contribution in [3.8, 4) is 5.75 Å². The van der Waals surface area contributed by atoms with Crippen LogP contribution in [0.25, 0.3) is 0 Å². The maximum Gasteiger partial charge on any atom is 0.138 e. The highest BCUT2D eigenvalue weighted by Gasteiger charge is 2.01. The van der Waals surface area contributed by atoms with E-state index in [0.717, 1.165) is 10.2 Å². The predicted molar refractivity (Wildman–Crippen MR) is 72.7 cm³/mol. The number of aromatic nitrogens is 1. The molecule has 1 aromatic carbocycles. The van der Waals surface area contributed by atoms with E-state index in [9.17, 15) is 0 Å². The standard InChI is InChI=1S/C12H8BrCl2NO/c13-12-4-2-9(6-16-12)17-7-8-1-3-10(14)11(15)5-8/h1-6H,7H2. The van der Waals surface area contributed by atoms with Crippen molar-refractivity contribution >= 4 is 39.1 Å². The Hall–Kier alpha value is -0.770. The summed E-state index contributed by atoms with van der Waals surface area (Å²) in [7, 11) is 0. The van der Waals surface area contributed by atoms with E-state index in [2.05, 4.69) is 20.9 Å². The van der Waals surface area contributed by atoms with Crippen LogP contribution < -0.4 is 4.74 Å². The summed E-state index contributed by atoms with van der Waals surface area (Å²) in [5.41, 5.74) is 0.960. The molecule has 5 heteroatoms. The Bertz CT molecular complexity index is 516. The van der Waals surface area contributed by atoms with Gasteiger partial charge in [0.25, 0.3) is 0 Å². The molecular formula is C12H8BrCl2NO. The van der Waals surface area contributed by atoms with Crippen LogP contribution in [0, 0.1) is 0 Å². The van der Waals surface area contributed by atoms with Crippen LogP contribution in [0.4, 0.5) is 0 Å². The maximum absolute atomic E-state index is 5.91. The third-order valence-corrected chi connectivity index (χ3v) is 3.30. The normalized spacial score (nSPS) is 10.3. The fraction of sp³-hybridized carbons (Fsp3) is 0.0833. The molecule has 88 valence electrons. The summed E-state index contributed by atoms with van der Waals surface area (Å²) >= 11 is 15.0. The quantitative estimate of drug-likeness (QED) is 0.758. The molecule has 0 N–H and O–H groups in total. The van der Waals surface area contributed by atoms with Crippen LogP contribution in [-0.4, -0.2) is 4.98 Å². The molecule has 0 radical (unpaired) electrons. The Morgan fingerprint density at radius 3 is 2.59 bits per heavy atom. The first-order valence-electron chi connectivity index (χ1n) is 4.83. The summed E-state index contributed by atoms with van der Waals surface area (Å²) in [5.74, 6) is 0.708. The largest absolute Gasteiger partial charge is 0.487 e. The molecule has 17 heavy (non-hydrogen) atoms. The van der Waals surface area contributed by atoms with Crippen LogP contribution in [0.5, 0.6) is 5.75 Å². The second-order valence-corrected chi connectivity index (χ2v) is 4.98. The van der Waals surface area contributed by atoms with Gasteiger partial charge in [0.05, 0.1) is 16.2 Å². The Morgan fingerprint density at radius 2 is 1.94 bits per heavy atom. The molecule has 0 saturated carbocycles. The average Bonchev–Trinajstić information content (AvgIpc) is 2.33. The van der Waals surface area contributed by atoms with Gasteiger partial charge in [0, 0.05) is 0 Å². The molecule has 0 unspecified atom stereocenters. The number of hydrogen-bond acceptors (Lipinski definition) is 2. The summed E-state index contributed by atoms with van der Waals surface area (Å²) in [6.45, 7) is 0.431. The van der Waals surface area contributed by atoms with Gasteiger partial charge < -0.3 is 4.74 Å². The maximum atomic E-state index is 5.91. The Kier molecular flexibility index (Phi) is 4.26. The van der Waals surface area contributed by atoms with E-state index in [-0.39, 0.29) is 0 Å². The van der Waals surface area contributed by atoms with E-state index in [1.54, 1.807) is 18.3 Å². The zero-order valence-corrected chi connectivity index (χ0v) is 11.8. The SMILES string of the molecule is Clc1ccc(COc2ccc(Br)nc2)cc1Cl. The number of hydrogen-bond donors (Lipinski definition) is 0. The Morgan fingerprint density at radius 1 is 1.12 bits per heavy atom. The number of pyridine rings is 1. The molecule has 0 bridgehead atoms. The number of benzene rings is 1. The highest BCUT2D eigenvalue weighted by molar-refractivity contribution is 9.10. The summed E-state index contributed by atoms with van der Waals surface area (Å²) < 4.78 is 6.33. The second kappa shape index (κ2) is 5.71. The third-order valence-electron chi connectivity index (χ3n) is 2.09. The van der Waals surface area contributed by atoms with Gasteiger partial charge in [0.1, 0.15) is 17.0 Å². The van der Waals surface area contributed by atoms with E-state index in [1.165, 1.54) is 0 Å². The molecule has 2 rings (SSSR count). The van der Waals surface area contributed by atoms with Gasteiger partial charge in [-0.2, -0.15) is 0 Å². The van der Waals surface area contributed by atoms with Gasteiger partial charge in [-0.1, -0.05) is 29.3 Å². The Balaban J connectivity index is 2.02. The van der Waals surface area contributed by atoms with Crippen molar-refractivity contribution in [1.82, 2.24) is 4.98 Å². The second-order valence-electron chi connectivity index (χ2n) is 3.35. The minimum atomic E-state index is 0.431. The van der Waals surface area contributed by atoms with Gasteiger partial charge in [-0.3, -0.25) is 0 Å². The molecule has 0 atom stereocenters. The first-order chi connectivity index (χ1) is 8.15. The monoisotopic (exact) mass is 331 g/mol. The molecule has 2 nitrogen and oxygen atoms in total. The molecule has 0 aliphatic heterocycles. The molecule has 0 aliphatic rings. The Labute approximate surface area is 118 Å². The van der Waals surface area contributed by atoms with Crippen LogP contribution in [-0.2, 0) is 6.61 Å². The molecule has 1 aromatic heterocycles. The minimum Gasteiger partial charge on any atom is -0.487 e. The van der Waals surface area contributed by atoms with Gasteiger partial charge in [0.15, 0.2) is 0 Å². The van der Waals surface area contributed by atoms with Crippen molar-refractivity contribution in [3.63, 3.8) is 0 Å². The third kappa shape index (κ3) is 3.60. The van der Waals surface area contributed by atoms with E-state index < -0.39 is 0 Å². The summed E-state index contributed by atoms with van der Waals surface area (Å²) in [5, 5.41) is 1.07. The van der Waals surface area contributed by atoms with Gasteiger partial charge in [-0.15, -0.1) is 0 Å². The van der Waals surface area contributed by atoms with Crippen molar-refractivity contribution in [2.45, 2.75) is 6.61 Å². The van der Waals surface area contributed by atoms with Crippen LogP contribution in [0.2, 0.25) is 10.0 Å². The molecule has 1 heterocycles. The van der Waals surface area contributed by atoms with E-state index in [4.69, 9.17) is 27.9 Å². The molecule has 0 fully saturated rings. The fourth-order valence-corrected chi connectivity index (χ4v) is 1.80. The number of rotatable bonds is 3. The van der Waals surface area contributed by atoms with Crippen molar-refractivity contribution in [2.24, 2.45) is 0 Å². The topological polar surface area (TPSA) is 22.1 Å². The predicted octanol–water partition coefficient (Wildman–Crippen LogP) is 4.73. The zero-order valence-electron chi connectivity index (χ0n) is 8.66. The molecule has 0 amide bonds. The zero-order chi connectivity index (χ0) is 12.3. The van der Waals surface area contributed by atoms with Crippen LogP contribution >= 0.6 is 39.1 Å². The van der Waals surface area contributed by atoms with Crippen LogP contribution in [0.15, 0.2) is 41.1 Å². The van der Waals surface area contributed by atoms with E-state index >= 15 is 0 Å². The van der Waals surface area contributed by atoms with Crippen molar-refractivity contribution in [1.29, 1.82) is 0 Å². The van der Waals surface area contributed by atoms with Crippen molar-refractivity contribution in [2.75, 3.05) is 0 Å². The highest BCUT2D eigenvalue weighted by atomic mass is 79.9. The first-order valence-corrected chi connectivity index (χ1v) is 6.38. The van der Waals surface area contributed by atoms with E-state index in [1.807, 2.05) is 18.2 Å². The lowest BCUT2D eigenvalue weighted by Crippen LogP contribution is -1.95. The lowest BCUT2D eigenvalue weighted by atomic mass is 10.2. The molecular weight excluding hydrogens is 325 g/mol. The molecule has 0 saturated heterocycles. The van der Waals surface area contributed by atoms with Crippen LogP contribution in [0.1, 0.15) is 5.56 Å². The molecule has 0 aliphatic carbocycles. The van der Waals surface area contributed by atoms with Gasteiger partial charge in [-0.05, 0) is 45.8 Å².